The van der Waals surface area contributed by atoms with Crippen molar-refractivity contribution in [2.24, 2.45) is 0 Å². The van der Waals surface area contributed by atoms with E-state index in [1.165, 1.54) is 24.8 Å². The first-order valence-corrected chi connectivity index (χ1v) is 9.03. The summed E-state index contributed by atoms with van der Waals surface area (Å²) >= 11 is 0. The second kappa shape index (κ2) is 8.79. The van der Waals surface area contributed by atoms with Crippen LogP contribution in [-0.2, 0) is 13.1 Å². The summed E-state index contributed by atoms with van der Waals surface area (Å²) in [5.74, 6) is -0.877. The molecule has 2 aromatic rings. The van der Waals surface area contributed by atoms with Gasteiger partial charge in [0.05, 0.1) is 5.56 Å². The van der Waals surface area contributed by atoms with Gasteiger partial charge in [0.2, 0.25) is 0 Å². The fraction of sp³-hybridized carbons (Fsp3) is 0.381. The topological polar surface area (TPSA) is 52.6 Å². The van der Waals surface area contributed by atoms with E-state index in [1.807, 2.05) is 12.1 Å². The first kappa shape index (κ1) is 17.6. The Balaban J connectivity index is 1.50. The minimum atomic E-state index is -0.877. The Hall–Kier alpha value is -2.17. The molecule has 0 amide bonds. The smallest absolute Gasteiger partial charge is 0.335 e. The summed E-state index contributed by atoms with van der Waals surface area (Å²) in [7, 11) is 0. The lowest BCUT2D eigenvalue weighted by molar-refractivity contribution is 0.0697. The SMILES string of the molecule is O=C(O)c1ccc(CNCC2CCCCN2Cc2ccccc2)cc1. The zero-order chi connectivity index (χ0) is 17.5. The van der Waals surface area contributed by atoms with E-state index in [2.05, 4.69) is 40.5 Å². The summed E-state index contributed by atoms with van der Waals surface area (Å²) in [6.45, 7) is 3.91. The Kier molecular flexibility index (Phi) is 6.20. The highest BCUT2D eigenvalue weighted by molar-refractivity contribution is 5.87. The van der Waals surface area contributed by atoms with Crippen molar-refractivity contribution in [3.8, 4) is 0 Å². The molecule has 0 aliphatic carbocycles. The van der Waals surface area contributed by atoms with Gasteiger partial charge in [-0.1, -0.05) is 48.9 Å². The van der Waals surface area contributed by atoms with E-state index < -0.39 is 5.97 Å². The Bertz CT molecular complexity index is 670. The highest BCUT2D eigenvalue weighted by Crippen LogP contribution is 2.19. The molecule has 0 radical (unpaired) electrons. The van der Waals surface area contributed by atoms with Gasteiger partial charge in [0.1, 0.15) is 0 Å². The third kappa shape index (κ3) is 5.15. The molecule has 1 aliphatic heterocycles. The van der Waals surface area contributed by atoms with Crippen LogP contribution in [0.5, 0.6) is 0 Å². The number of nitrogens with zero attached hydrogens (tertiary/aromatic N) is 1. The van der Waals surface area contributed by atoms with E-state index in [9.17, 15) is 4.79 Å². The fourth-order valence-corrected chi connectivity index (χ4v) is 3.47. The molecule has 1 heterocycles. The normalized spacial score (nSPS) is 18.2. The molecule has 1 aliphatic rings. The molecule has 0 aromatic heterocycles. The minimum Gasteiger partial charge on any atom is -0.478 e. The van der Waals surface area contributed by atoms with Crippen LogP contribution >= 0.6 is 0 Å². The van der Waals surface area contributed by atoms with Gasteiger partial charge < -0.3 is 10.4 Å². The summed E-state index contributed by atoms with van der Waals surface area (Å²) in [6, 6.07) is 18.3. The van der Waals surface area contributed by atoms with Crippen molar-refractivity contribution in [3.63, 3.8) is 0 Å². The number of benzene rings is 2. The van der Waals surface area contributed by atoms with E-state index in [4.69, 9.17) is 5.11 Å². The van der Waals surface area contributed by atoms with Crippen LogP contribution in [-0.4, -0.2) is 35.1 Å². The third-order valence-corrected chi connectivity index (χ3v) is 4.89. The van der Waals surface area contributed by atoms with E-state index in [0.717, 1.165) is 31.7 Å². The third-order valence-electron chi connectivity index (χ3n) is 4.89. The molecule has 1 saturated heterocycles. The predicted molar refractivity (Wildman–Crippen MR) is 99.6 cm³/mol. The molecular formula is C21H26N2O2. The maximum Gasteiger partial charge on any atom is 0.335 e. The largest absolute Gasteiger partial charge is 0.478 e. The van der Waals surface area contributed by atoms with Crippen molar-refractivity contribution in [3.05, 3.63) is 71.3 Å². The quantitative estimate of drug-likeness (QED) is 0.811. The maximum atomic E-state index is 10.9. The number of rotatable bonds is 7. The number of carbonyl (C=O) groups is 1. The summed E-state index contributed by atoms with van der Waals surface area (Å²) < 4.78 is 0. The van der Waals surface area contributed by atoms with Crippen molar-refractivity contribution >= 4 is 5.97 Å². The predicted octanol–water partition coefficient (Wildman–Crippen LogP) is 3.53. The van der Waals surface area contributed by atoms with Gasteiger partial charge in [0.15, 0.2) is 0 Å². The Labute approximate surface area is 149 Å². The van der Waals surface area contributed by atoms with E-state index >= 15 is 0 Å². The van der Waals surface area contributed by atoms with Crippen LogP contribution in [0.3, 0.4) is 0 Å². The van der Waals surface area contributed by atoms with Crippen molar-refractivity contribution in [1.82, 2.24) is 10.2 Å². The van der Waals surface area contributed by atoms with Gasteiger partial charge >= 0.3 is 5.97 Å². The van der Waals surface area contributed by atoms with Crippen LogP contribution in [0.1, 0.15) is 40.7 Å². The molecule has 3 rings (SSSR count). The van der Waals surface area contributed by atoms with Gasteiger partial charge in [-0.3, -0.25) is 4.90 Å². The molecule has 0 bridgehead atoms. The minimum absolute atomic E-state index is 0.338. The van der Waals surface area contributed by atoms with E-state index in [-0.39, 0.29) is 0 Å². The highest BCUT2D eigenvalue weighted by Gasteiger charge is 2.21. The number of hydrogen-bond acceptors (Lipinski definition) is 3. The van der Waals surface area contributed by atoms with Crippen molar-refractivity contribution in [1.29, 1.82) is 0 Å². The first-order chi connectivity index (χ1) is 12.2. The molecule has 2 N–H and O–H groups in total. The molecule has 25 heavy (non-hydrogen) atoms. The van der Waals surface area contributed by atoms with Gasteiger partial charge in [-0.15, -0.1) is 0 Å². The summed E-state index contributed by atoms with van der Waals surface area (Å²) in [5.41, 5.74) is 2.83. The lowest BCUT2D eigenvalue weighted by Gasteiger charge is -2.36. The molecule has 1 unspecified atom stereocenters. The summed E-state index contributed by atoms with van der Waals surface area (Å²) in [4.78, 5) is 13.5. The van der Waals surface area contributed by atoms with Crippen LogP contribution in [0.15, 0.2) is 54.6 Å². The lowest BCUT2D eigenvalue weighted by Crippen LogP contribution is -2.44. The van der Waals surface area contributed by atoms with Crippen LogP contribution in [0.2, 0.25) is 0 Å². The Morgan fingerprint density at radius 3 is 2.52 bits per heavy atom. The molecule has 4 heteroatoms. The molecule has 0 spiro atoms. The number of likely N-dealkylation sites (tertiary alicyclic amines) is 1. The zero-order valence-electron chi connectivity index (χ0n) is 14.5. The first-order valence-electron chi connectivity index (χ1n) is 9.03. The molecule has 1 fully saturated rings. The van der Waals surface area contributed by atoms with Crippen molar-refractivity contribution in [2.75, 3.05) is 13.1 Å². The van der Waals surface area contributed by atoms with Crippen LogP contribution in [0, 0.1) is 0 Å². The number of carboxylic acids is 1. The Morgan fingerprint density at radius 2 is 1.80 bits per heavy atom. The second-order valence-corrected chi connectivity index (χ2v) is 6.74. The van der Waals surface area contributed by atoms with Gasteiger partial charge in [-0.25, -0.2) is 4.79 Å². The van der Waals surface area contributed by atoms with E-state index in [1.54, 1.807) is 12.1 Å². The number of nitrogens with one attached hydrogen (secondary N) is 1. The van der Waals surface area contributed by atoms with Gasteiger partial charge in [-0.2, -0.15) is 0 Å². The fourth-order valence-electron chi connectivity index (χ4n) is 3.47. The summed E-state index contributed by atoms with van der Waals surface area (Å²) in [6.07, 6.45) is 3.81. The number of aromatic carboxylic acids is 1. The monoisotopic (exact) mass is 338 g/mol. The van der Waals surface area contributed by atoms with Gasteiger partial charge in [0.25, 0.3) is 0 Å². The molecule has 2 aromatic carbocycles. The van der Waals surface area contributed by atoms with Crippen molar-refractivity contribution < 1.29 is 9.90 Å². The molecule has 1 atom stereocenters. The van der Waals surface area contributed by atoms with Gasteiger partial charge in [-0.05, 0) is 42.6 Å². The summed E-state index contributed by atoms with van der Waals surface area (Å²) in [5, 5.41) is 12.5. The van der Waals surface area contributed by atoms with Gasteiger partial charge in [0, 0.05) is 25.7 Å². The molecule has 132 valence electrons. The van der Waals surface area contributed by atoms with Crippen molar-refractivity contribution in [2.45, 2.75) is 38.4 Å². The van der Waals surface area contributed by atoms with E-state index in [0.29, 0.717) is 11.6 Å². The van der Waals surface area contributed by atoms with Crippen LogP contribution in [0.25, 0.3) is 0 Å². The highest BCUT2D eigenvalue weighted by atomic mass is 16.4. The second-order valence-electron chi connectivity index (χ2n) is 6.74. The number of carboxylic acid groups (broad SMARTS) is 1. The van der Waals surface area contributed by atoms with Crippen LogP contribution < -0.4 is 5.32 Å². The zero-order valence-corrected chi connectivity index (χ0v) is 14.5. The number of piperidine rings is 1. The van der Waals surface area contributed by atoms with Crippen LogP contribution in [0.4, 0.5) is 0 Å². The molecule has 4 nitrogen and oxygen atoms in total. The standard InChI is InChI=1S/C21H26N2O2/c24-21(25)19-11-9-17(10-12-19)14-22-15-20-8-4-5-13-23(20)16-18-6-2-1-3-7-18/h1-3,6-7,9-12,20,22H,4-5,8,13-16H2,(H,24,25). The Morgan fingerprint density at radius 1 is 1.04 bits per heavy atom. The number of hydrogen-bond donors (Lipinski definition) is 2. The molecular weight excluding hydrogens is 312 g/mol. The lowest BCUT2D eigenvalue weighted by atomic mass is 10.0. The average molecular weight is 338 g/mol. The molecule has 0 saturated carbocycles. The average Bonchev–Trinajstić information content (AvgIpc) is 2.64. The maximum absolute atomic E-state index is 10.9.